The summed E-state index contributed by atoms with van der Waals surface area (Å²) in [6, 6.07) is 3.96. The third kappa shape index (κ3) is 3.72. The lowest BCUT2D eigenvalue weighted by molar-refractivity contribution is -0.158. The lowest BCUT2D eigenvalue weighted by atomic mass is 9.89. The Morgan fingerprint density at radius 1 is 1.21 bits per heavy atom. The van der Waals surface area contributed by atoms with Gasteiger partial charge in [-0.1, -0.05) is 45.9 Å². The average molecular weight is 273 g/mol. The summed E-state index contributed by atoms with van der Waals surface area (Å²) in [5, 5.41) is 2.56. The Bertz CT molecular complexity index is 410. The molecule has 108 valence electrons. The smallest absolute Gasteiger partial charge is 0.302 e. The molecule has 1 atom stereocenters. The molecular weight excluding hydrogens is 251 g/mol. The van der Waals surface area contributed by atoms with Crippen LogP contribution in [-0.4, -0.2) is 12.7 Å². The summed E-state index contributed by atoms with van der Waals surface area (Å²) in [7, 11) is 0. The van der Waals surface area contributed by atoms with Gasteiger partial charge in [0.05, 0.1) is 0 Å². The van der Waals surface area contributed by atoms with E-state index in [1.807, 2.05) is 39.8 Å². The van der Waals surface area contributed by atoms with Gasteiger partial charge in [0, 0.05) is 6.54 Å². The number of fused-ring (bicyclic) bond motifs is 1. The van der Waals surface area contributed by atoms with Crippen LogP contribution in [0.5, 0.6) is 0 Å². The van der Waals surface area contributed by atoms with E-state index < -0.39 is 12.2 Å². The van der Waals surface area contributed by atoms with Crippen LogP contribution in [0.15, 0.2) is 18.2 Å². The van der Waals surface area contributed by atoms with E-state index >= 15 is 0 Å². The fourth-order valence-corrected chi connectivity index (χ4v) is 2.22. The highest BCUT2D eigenvalue weighted by atomic mass is 19.4. The summed E-state index contributed by atoms with van der Waals surface area (Å²) in [4.78, 5) is 0. The normalized spacial score (nSPS) is 18.6. The number of hydrogen-bond donors (Lipinski definition) is 1. The molecule has 2 rings (SSSR count). The van der Waals surface area contributed by atoms with Crippen molar-refractivity contribution < 1.29 is 13.2 Å². The number of alkyl halides is 3. The van der Waals surface area contributed by atoms with E-state index in [1.54, 1.807) is 6.07 Å². The van der Waals surface area contributed by atoms with E-state index in [9.17, 15) is 13.2 Å². The summed E-state index contributed by atoms with van der Waals surface area (Å²) in [5.74, 6) is 0.246. The standard InChI is InChI=1S/C13H16F3N.C2H6/c1-8(2)10-4-3-9-5-6-17-12(11(9)7-10)13(14,15)16;1-2/h3-4,7-8,12,17H,5-6H2,1-2H3;1-2H3. The van der Waals surface area contributed by atoms with Gasteiger partial charge in [0.15, 0.2) is 0 Å². The number of halogens is 3. The zero-order valence-electron chi connectivity index (χ0n) is 11.9. The number of rotatable bonds is 1. The van der Waals surface area contributed by atoms with Crippen LogP contribution < -0.4 is 5.32 Å². The third-order valence-corrected chi connectivity index (χ3v) is 3.22. The predicted octanol–water partition coefficient (Wildman–Crippen LogP) is 4.59. The van der Waals surface area contributed by atoms with Crippen molar-refractivity contribution in [3.8, 4) is 0 Å². The van der Waals surface area contributed by atoms with E-state index in [0.717, 1.165) is 11.1 Å². The van der Waals surface area contributed by atoms with Crippen molar-refractivity contribution in [1.29, 1.82) is 0 Å². The molecule has 1 aliphatic heterocycles. The Kier molecular flexibility index (Phi) is 5.41. The first kappa shape index (κ1) is 16.0. The van der Waals surface area contributed by atoms with Crippen LogP contribution in [0.3, 0.4) is 0 Å². The second-order valence-electron chi connectivity index (χ2n) is 4.79. The van der Waals surface area contributed by atoms with Crippen LogP contribution in [0.2, 0.25) is 0 Å². The molecule has 19 heavy (non-hydrogen) atoms. The number of hydrogen-bond acceptors (Lipinski definition) is 1. The highest BCUT2D eigenvalue weighted by molar-refractivity contribution is 5.38. The minimum Gasteiger partial charge on any atom is -0.302 e. The Morgan fingerprint density at radius 2 is 1.84 bits per heavy atom. The zero-order chi connectivity index (χ0) is 14.6. The topological polar surface area (TPSA) is 12.0 Å². The molecule has 0 aromatic heterocycles. The van der Waals surface area contributed by atoms with Crippen molar-refractivity contribution >= 4 is 0 Å². The molecule has 0 radical (unpaired) electrons. The SMILES string of the molecule is CC.CC(C)c1ccc2c(c1)C(C(F)(F)F)NCC2. The van der Waals surface area contributed by atoms with Crippen molar-refractivity contribution in [2.45, 2.75) is 52.3 Å². The largest absolute Gasteiger partial charge is 0.407 e. The number of nitrogens with one attached hydrogen (secondary N) is 1. The molecular formula is C15H22F3N. The van der Waals surface area contributed by atoms with Crippen molar-refractivity contribution in [1.82, 2.24) is 5.32 Å². The van der Waals surface area contributed by atoms with E-state index in [0.29, 0.717) is 18.5 Å². The van der Waals surface area contributed by atoms with Crippen LogP contribution in [-0.2, 0) is 6.42 Å². The first-order valence-corrected chi connectivity index (χ1v) is 6.82. The van der Waals surface area contributed by atoms with Crippen molar-refractivity contribution in [2.24, 2.45) is 0 Å². The Balaban J connectivity index is 0.000000861. The van der Waals surface area contributed by atoms with Gasteiger partial charge in [-0.05, 0) is 29.0 Å². The first-order chi connectivity index (χ1) is 8.89. The molecule has 1 N–H and O–H groups in total. The van der Waals surface area contributed by atoms with Crippen molar-refractivity contribution in [3.63, 3.8) is 0 Å². The molecule has 0 amide bonds. The fourth-order valence-electron chi connectivity index (χ4n) is 2.22. The molecule has 1 unspecified atom stereocenters. The molecule has 0 aliphatic carbocycles. The lowest BCUT2D eigenvalue weighted by Gasteiger charge is -2.29. The molecule has 4 heteroatoms. The van der Waals surface area contributed by atoms with E-state index in [4.69, 9.17) is 0 Å². The Labute approximate surface area is 113 Å². The first-order valence-electron chi connectivity index (χ1n) is 6.82. The van der Waals surface area contributed by atoms with Gasteiger partial charge in [-0.15, -0.1) is 0 Å². The van der Waals surface area contributed by atoms with Gasteiger partial charge in [-0.25, -0.2) is 0 Å². The minimum absolute atomic E-state index is 0.246. The fraction of sp³-hybridized carbons (Fsp3) is 0.600. The van der Waals surface area contributed by atoms with Crippen LogP contribution in [0.1, 0.15) is 56.3 Å². The molecule has 1 aromatic rings. The average Bonchev–Trinajstić information content (AvgIpc) is 2.38. The molecule has 0 bridgehead atoms. The van der Waals surface area contributed by atoms with Gasteiger partial charge in [-0.3, -0.25) is 0 Å². The van der Waals surface area contributed by atoms with E-state index in [2.05, 4.69) is 5.32 Å². The predicted molar refractivity (Wildman–Crippen MR) is 72.4 cm³/mol. The molecule has 1 heterocycles. The Hall–Kier alpha value is -1.03. The van der Waals surface area contributed by atoms with Gasteiger partial charge in [0.2, 0.25) is 0 Å². The van der Waals surface area contributed by atoms with Gasteiger partial charge in [-0.2, -0.15) is 13.2 Å². The molecule has 0 spiro atoms. The summed E-state index contributed by atoms with van der Waals surface area (Å²) in [5.41, 5.74) is 2.17. The van der Waals surface area contributed by atoms with Gasteiger partial charge in [0.1, 0.15) is 6.04 Å². The molecule has 1 nitrogen and oxygen atoms in total. The van der Waals surface area contributed by atoms with Gasteiger partial charge in [0.25, 0.3) is 0 Å². The molecule has 0 fully saturated rings. The van der Waals surface area contributed by atoms with Gasteiger partial charge < -0.3 is 5.32 Å². The summed E-state index contributed by atoms with van der Waals surface area (Å²) in [6.07, 6.45) is -3.55. The Morgan fingerprint density at radius 3 is 2.37 bits per heavy atom. The van der Waals surface area contributed by atoms with Crippen LogP contribution in [0, 0.1) is 0 Å². The third-order valence-electron chi connectivity index (χ3n) is 3.22. The highest BCUT2D eigenvalue weighted by Crippen LogP contribution is 2.37. The monoisotopic (exact) mass is 273 g/mol. The van der Waals surface area contributed by atoms with E-state index in [1.165, 1.54) is 0 Å². The van der Waals surface area contributed by atoms with E-state index in [-0.39, 0.29) is 5.92 Å². The van der Waals surface area contributed by atoms with Crippen LogP contribution in [0.25, 0.3) is 0 Å². The second-order valence-corrected chi connectivity index (χ2v) is 4.79. The van der Waals surface area contributed by atoms with Crippen molar-refractivity contribution in [3.05, 3.63) is 34.9 Å². The maximum Gasteiger partial charge on any atom is 0.407 e. The van der Waals surface area contributed by atoms with Crippen LogP contribution in [0.4, 0.5) is 13.2 Å². The quantitative estimate of drug-likeness (QED) is 0.789. The maximum absolute atomic E-state index is 12.9. The summed E-state index contributed by atoms with van der Waals surface area (Å²) in [6.45, 7) is 8.36. The highest BCUT2D eigenvalue weighted by Gasteiger charge is 2.42. The minimum atomic E-state index is -4.22. The lowest BCUT2D eigenvalue weighted by Crippen LogP contribution is -2.39. The molecule has 0 saturated heterocycles. The summed E-state index contributed by atoms with van der Waals surface area (Å²) >= 11 is 0. The summed E-state index contributed by atoms with van der Waals surface area (Å²) < 4.78 is 38.7. The zero-order valence-corrected chi connectivity index (χ0v) is 11.9. The van der Waals surface area contributed by atoms with Gasteiger partial charge >= 0.3 is 6.18 Å². The molecule has 0 saturated carbocycles. The second kappa shape index (κ2) is 6.42. The van der Waals surface area contributed by atoms with Crippen molar-refractivity contribution in [2.75, 3.05) is 6.54 Å². The molecule has 1 aromatic carbocycles. The van der Waals surface area contributed by atoms with Crippen LogP contribution >= 0.6 is 0 Å². The maximum atomic E-state index is 12.9. The molecule has 1 aliphatic rings. The number of benzene rings is 1.